The first kappa shape index (κ1) is 15.5. The third kappa shape index (κ3) is 4.93. The lowest BCUT2D eigenvalue weighted by molar-refractivity contribution is -0.121. The van der Waals surface area contributed by atoms with Crippen molar-refractivity contribution in [3.05, 3.63) is 12.4 Å². The van der Waals surface area contributed by atoms with E-state index in [4.69, 9.17) is 0 Å². The normalized spacial score (nSPS) is 13.4. The van der Waals surface area contributed by atoms with E-state index in [2.05, 4.69) is 50.4 Å². The molecular weight excluding hydrogens is 240 g/mol. The van der Waals surface area contributed by atoms with Crippen molar-refractivity contribution in [3.63, 3.8) is 0 Å². The van der Waals surface area contributed by atoms with Gasteiger partial charge in [-0.25, -0.2) is 0 Å². The summed E-state index contributed by atoms with van der Waals surface area (Å²) in [5.41, 5.74) is 0.811. The maximum atomic E-state index is 11.9. The first-order chi connectivity index (χ1) is 8.70. The Morgan fingerprint density at radius 3 is 2.47 bits per heavy atom. The van der Waals surface area contributed by atoms with E-state index in [0.29, 0.717) is 12.5 Å². The Kier molecular flexibility index (Phi) is 4.97. The van der Waals surface area contributed by atoms with E-state index in [0.717, 1.165) is 5.69 Å². The molecule has 0 aliphatic carbocycles. The van der Waals surface area contributed by atoms with Gasteiger partial charge in [-0.2, -0.15) is 5.10 Å². The zero-order valence-corrected chi connectivity index (χ0v) is 12.8. The summed E-state index contributed by atoms with van der Waals surface area (Å²) < 4.78 is 1.88. The zero-order chi connectivity index (χ0) is 14.6. The monoisotopic (exact) mass is 266 g/mol. The molecule has 5 heteroatoms. The molecule has 1 aromatic rings. The lowest BCUT2D eigenvalue weighted by Crippen LogP contribution is -2.39. The zero-order valence-electron chi connectivity index (χ0n) is 12.8. The number of hydrogen-bond acceptors (Lipinski definition) is 3. The van der Waals surface area contributed by atoms with E-state index in [1.807, 2.05) is 17.8 Å². The summed E-state index contributed by atoms with van der Waals surface area (Å²) in [6.45, 7) is 13.0. The highest BCUT2D eigenvalue weighted by Crippen LogP contribution is 2.16. The molecule has 1 unspecified atom stereocenters. The van der Waals surface area contributed by atoms with E-state index >= 15 is 0 Å². The number of rotatable bonds is 5. The van der Waals surface area contributed by atoms with Crippen LogP contribution in [-0.4, -0.2) is 28.3 Å². The van der Waals surface area contributed by atoms with Crippen LogP contribution in [0.5, 0.6) is 0 Å². The maximum absolute atomic E-state index is 11.9. The van der Waals surface area contributed by atoms with Crippen LogP contribution in [0.4, 0.5) is 5.69 Å². The third-order valence-electron chi connectivity index (χ3n) is 2.73. The summed E-state index contributed by atoms with van der Waals surface area (Å²) in [5.74, 6) is 0.469. The number of carbonyl (C=O) groups is 1. The number of anilines is 1. The van der Waals surface area contributed by atoms with Crippen molar-refractivity contribution in [3.8, 4) is 0 Å². The SMILES string of the molecule is CC(C)CNC(=O)C(C)Nc1cnn(C(C)(C)C)c1. The molecule has 108 valence electrons. The van der Waals surface area contributed by atoms with Gasteiger partial charge in [-0.3, -0.25) is 9.48 Å². The molecule has 1 atom stereocenters. The van der Waals surface area contributed by atoms with Crippen LogP contribution in [0.25, 0.3) is 0 Å². The van der Waals surface area contributed by atoms with Crippen LogP contribution >= 0.6 is 0 Å². The fourth-order valence-corrected chi connectivity index (χ4v) is 1.54. The van der Waals surface area contributed by atoms with Crippen LogP contribution in [0.3, 0.4) is 0 Å². The van der Waals surface area contributed by atoms with Crippen molar-refractivity contribution < 1.29 is 4.79 Å². The Hall–Kier alpha value is -1.52. The van der Waals surface area contributed by atoms with Gasteiger partial charge in [0.2, 0.25) is 5.91 Å². The molecule has 0 radical (unpaired) electrons. The summed E-state index contributed by atoms with van der Waals surface area (Å²) in [7, 11) is 0. The molecule has 0 aliphatic heterocycles. The van der Waals surface area contributed by atoms with Crippen LogP contribution < -0.4 is 10.6 Å². The molecule has 19 heavy (non-hydrogen) atoms. The van der Waals surface area contributed by atoms with Gasteiger partial charge in [0, 0.05) is 12.7 Å². The Morgan fingerprint density at radius 2 is 2.00 bits per heavy atom. The molecule has 1 amide bonds. The predicted molar refractivity (Wildman–Crippen MR) is 78.2 cm³/mol. The third-order valence-corrected chi connectivity index (χ3v) is 2.73. The van der Waals surface area contributed by atoms with Crippen molar-refractivity contribution >= 4 is 11.6 Å². The highest BCUT2D eigenvalue weighted by molar-refractivity contribution is 5.84. The molecule has 0 spiro atoms. The highest BCUT2D eigenvalue weighted by Gasteiger charge is 2.16. The molecule has 0 fully saturated rings. The van der Waals surface area contributed by atoms with Gasteiger partial charge in [-0.1, -0.05) is 13.8 Å². The highest BCUT2D eigenvalue weighted by atomic mass is 16.2. The lowest BCUT2D eigenvalue weighted by Gasteiger charge is -2.19. The second-order valence-corrected chi connectivity index (χ2v) is 6.35. The Labute approximate surface area is 115 Å². The second kappa shape index (κ2) is 6.08. The number of hydrogen-bond donors (Lipinski definition) is 2. The van der Waals surface area contributed by atoms with Crippen LogP contribution in [0.15, 0.2) is 12.4 Å². The fraction of sp³-hybridized carbons (Fsp3) is 0.714. The van der Waals surface area contributed by atoms with Gasteiger partial charge in [0.25, 0.3) is 0 Å². The van der Waals surface area contributed by atoms with Crippen LogP contribution in [0, 0.1) is 5.92 Å². The lowest BCUT2D eigenvalue weighted by atomic mass is 10.1. The number of carbonyl (C=O) groups excluding carboxylic acids is 1. The van der Waals surface area contributed by atoms with E-state index in [9.17, 15) is 4.79 Å². The van der Waals surface area contributed by atoms with Gasteiger partial charge in [0.15, 0.2) is 0 Å². The minimum atomic E-state index is -0.267. The topological polar surface area (TPSA) is 59.0 Å². The van der Waals surface area contributed by atoms with Crippen molar-refractivity contribution in [2.75, 3.05) is 11.9 Å². The molecule has 0 saturated carbocycles. The molecule has 2 N–H and O–H groups in total. The van der Waals surface area contributed by atoms with Crippen molar-refractivity contribution in [2.24, 2.45) is 5.92 Å². The average molecular weight is 266 g/mol. The first-order valence-electron chi connectivity index (χ1n) is 6.79. The summed E-state index contributed by atoms with van der Waals surface area (Å²) in [5, 5.41) is 10.4. The van der Waals surface area contributed by atoms with Crippen LogP contribution in [-0.2, 0) is 10.3 Å². The molecular formula is C14H26N4O. The van der Waals surface area contributed by atoms with Gasteiger partial charge in [0.1, 0.15) is 6.04 Å². The fourth-order valence-electron chi connectivity index (χ4n) is 1.54. The van der Waals surface area contributed by atoms with Crippen LogP contribution in [0.1, 0.15) is 41.5 Å². The van der Waals surface area contributed by atoms with Gasteiger partial charge < -0.3 is 10.6 Å². The summed E-state index contributed by atoms with van der Waals surface area (Å²) in [6, 6.07) is -0.267. The molecule has 1 heterocycles. The summed E-state index contributed by atoms with van der Waals surface area (Å²) in [6.07, 6.45) is 3.67. The average Bonchev–Trinajstić information content (AvgIpc) is 2.73. The quantitative estimate of drug-likeness (QED) is 0.859. The molecule has 1 rings (SSSR count). The van der Waals surface area contributed by atoms with Gasteiger partial charge >= 0.3 is 0 Å². The second-order valence-electron chi connectivity index (χ2n) is 6.35. The smallest absolute Gasteiger partial charge is 0.242 e. The number of nitrogens with zero attached hydrogens (tertiary/aromatic N) is 2. The van der Waals surface area contributed by atoms with Crippen molar-refractivity contribution in [2.45, 2.75) is 53.1 Å². The first-order valence-corrected chi connectivity index (χ1v) is 6.79. The summed E-state index contributed by atoms with van der Waals surface area (Å²) >= 11 is 0. The number of amides is 1. The molecule has 0 aliphatic rings. The Bertz CT molecular complexity index is 417. The standard InChI is InChI=1S/C14H26N4O/c1-10(2)7-15-13(19)11(3)17-12-8-16-18(9-12)14(4,5)6/h8-11,17H,7H2,1-6H3,(H,15,19). The minimum absolute atomic E-state index is 0.0113. The van der Waals surface area contributed by atoms with Crippen molar-refractivity contribution in [1.82, 2.24) is 15.1 Å². The largest absolute Gasteiger partial charge is 0.371 e. The van der Waals surface area contributed by atoms with Gasteiger partial charge in [-0.15, -0.1) is 0 Å². The predicted octanol–water partition coefficient (Wildman–Crippen LogP) is 2.21. The van der Waals surface area contributed by atoms with E-state index in [1.54, 1.807) is 6.20 Å². The molecule has 0 saturated heterocycles. The van der Waals surface area contributed by atoms with E-state index < -0.39 is 0 Å². The molecule has 1 aromatic heterocycles. The van der Waals surface area contributed by atoms with Crippen molar-refractivity contribution in [1.29, 1.82) is 0 Å². The molecule has 5 nitrogen and oxygen atoms in total. The maximum Gasteiger partial charge on any atom is 0.242 e. The Balaban J connectivity index is 2.55. The number of aromatic nitrogens is 2. The molecule has 0 aromatic carbocycles. The van der Waals surface area contributed by atoms with Gasteiger partial charge in [0.05, 0.1) is 17.4 Å². The number of nitrogens with one attached hydrogen (secondary N) is 2. The summed E-state index contributed by atoms with van der Waals surface area (Å²) in [4.78, 5) is 11.9. The minimum Gasteiger partial charge on any atom is -0.371 e. The van der Waals surface area contributed by atoms with E-state index in [1.165, 1.54) is 0 Å². The van der Waals surface area contributed by atoms with Crippen LogP contribution in [0.2, 0.25) is 0 Å². The molecule has 0 bridgehead atoms. The van der Waals surface area contributed by atoms with E-state index in [-0.39, 0.29) is 17.5 Å². The Morgan fingerprint density at radius 1 is 1.37 bits per heavy atom. The van der Waals surface area contributed by atoms with Gasteiger partial charge in [-0.05, 0) is 33.6 Å².